The summed E-state index contributed by atoms with van der Waals surface area (Å²) in [6, 6.07) is 0. The highest BCUT2D eigenvalue weighted by atomic mass is 16.6. The second-order valence-electron chi connectivity index (χ2n) is 2.25. The van der Waals surface area contributed by atoms with E-state index in [1.807, 2.05) is 0 Å². The van der Waals surface area contributed by atoms with E-state index in [2.05, 4.69) is 4.74 Å². The Labute approximate surface area is 56.2 Å². The zero-order valence-electron chi connectivity index (χ0n) is 5.20. The number of ether oxygens (including phenoxy) is 1. The number of epoxide rings is 1. The average Bonchev–Trinajstić information content (AvgIpc) is 2.43. The van der Waals surface area contributed by atoms with Gasteiger partial charge in [0, 0.05) is 0 Å². The molecule has 1 heterocycles. The van der Waals surface area contributed by atoms with Crippen molar-refractivity contribution in [2.45, 2.75) is 18.6 Å². The van der Waals surface area contributed by atoms with Gasteiger partial charge in [-0.3, -0.25) is 0 Å². The van der Waals surface area contributed by atoms with Crippen LogP contribution in [-0.4, -0.2) is 33.9 Å². The first kappa shape index (κ1) is 7.01. The van der Waals surface area contributed by atoms with E-state index in [9.17, 15) is 9.59 Å². The van der Waals surface area contributed by atoms with Gasteiger partial charge in [-0.1, -0.05) is 0 Å². The van der Waals surface area contributed by atoms with Gasteiger partial charge in [0.2, 0.25) is 0 Å². The summed E-state index contributed by atoms with van der Waals surface area (Å²) in [5.41, 5.74) is -1.49. The third kappa shape index (κ3) is 0.750. The molecule has 2 atom stereocenters. The molecule has 0 aromatic heterocycles. The molecule has 56 valence electrons. The summed E-state index contributed by atoms with van der Waals surface area (Å²) >= 11 is 0. The number of carboxylic acids is 2. The molecular formula is C5H6O5. The molecule has 1 fully saturated rings. The topological polar surface area (TPSA) is 87.1 Å². The van der Waals surface area contributed by atoms with Gasteiger partial charge in [-0.05, 0) is 6.92 Å². The number of rotatable bonds is 2. The molecule has 1 saturated heterocycles. The molecule has 10 heavy (non-hydrogen) atoms. The van der Waals surface area contributed by atoms with Crippen molar-refractivity contribution >= 4 is 11.9 Å². The van der Waals surface area contributed by atoms with Gasteiger partial charge in [0.15, 0.2) is 11.7 Å². The van der Waals surface area contributed by atoms with E-state index in [4.69, 9.17) is 10.2 Å². The molecule has 5 nitrogen and oxygen atoms in total. The highest BCUT2D eigenvalue weighted by Crippen LogP contribution is 2.36. The Bertz CT molecular complexity index is 198. The van der Waals surface area contributed by atoms with Gasteiger partial charge >= 0.3 is 11.9 Å². The summed E-state index contributed by atoms with van der Waals surface area (Å²) in [6.07, 6.45) is -1.18. The molecule has 0 aliphatic carbocycles. The first-order chi connectivity index (χ1) is 4.48. The second kappa shape index (κ2) is 1.69. The first-order valence-corrected chi connectivity index (χ1v) is 2.62. The smallest absolute Gasteiger partial charge is 0.339 e. The van der Waals surface area contributed by atoms with Crippen LogP contribution in [0.5, 0.6) is 0 Å². The second-order valence-corrected chi connectivity index (χ2v) is 2.25. The van der Waals surface area contributed by atoms with E-state index < -0.39 is 23.6 Å². The van der Waals surface area contributed by atoms with Gasteiger partial charge in [0.1, 0.15) is 0 Å². The molecule has 0 aromatic rings. The normalized spacial score (nSPS) is 37.1. The molecular weight excluding hydrogens is 140 g/mol. The average molecular weight is 146 g/mol. The van der Waals surface area contributed by atoms with Crippen LogP contribution in [0.2, 0.25) is 0 Å². The van der Waals surface area contributed by atoms with E-state index >= 15 is 0 Å². The SMILES string of the molecule is C[C@]1(C(=O)O)O[C@@H]1C(=O)O. The van der Waals surface area contributed by atoms with E-state index in [0.29, 0.717) is 0 Å². The first-order valence-electron chi connectivity index (χ1n) is 2.62. The number of carbonyl (C=O) groups is 2. The molecule has 1 rings (SSSR count). The Morgan fingerprint density at radius 3 is 2.10 bits per heavy atom. The standard InChI is InChI=1S/C5H6O5/c1-5(4(8)9)2(10-5)3(6)7/h2H,1H3,(H,6,7)(H,8,9)/t2-,5+/m1/s1. The van der Waals surface area contributed by atoms with Crippen molar-refractivity contribution in [2.24, 2.45) is 0 Å². The van der Waals surface area contributed by atoms with Gasteiger partial charge in [-0.15, -0.1) is 0 Å². The maximum Gasteiger partial charge on any atom is 0.339 e. The molecule has 0 bridgehead atoms. The lowest BCUT2D eigenvalue weighted by molar-refractivity contribution is -0.143. The molecule has 0 radical (unpaired) electrons. The third-order valence-electron chi connectivity index (χ3n) is 1.45. The van der Waals surface area contributed by atoms with Crippen LogP contribution in [0.4, 0.5) is 0 Å². The number of carboxylic acid groups (broad SMARTS) is 2. The van der Waals surface area contributed by atoms with Crippen molar-refractivity contribution in [1.29, 1.82) is 0 Å². The number of aliphatic carboxylic acids is 2. The molecule has 0 saturated carbocycles. The minimum Gasteiger partial charge on any atom is -0.479 e. The van der Waals surface area contributed by atoms with Crippen molar-refractivity contribution in [1.82, 2.24) is 0 Å². The van der Waals surface area contributed by atoms with Crippen LogP contribution < -0.4 is 0 Å². The quantitative estimate of drug-likeness (QED) is 0.503. The van der Waals surface area contributed by atoms with E-state index in [1.54, 1.807) is 0 Å². The Morgan fingerprint density at radius 1 is 1.50 bits per heavy atom. The predicted molar refractivity (Wildman–Crippen MR) is 28.5 cm³/mol. The van der Waals surface area contributed by atoms with Gasteiger partial charge in [0.25, 0.3) is 0 Å². The zero-order chi connectivity index (χ0) is 7.94. The highest BCUT2D eigenvalue weighted by molar-refractivity contribution is 5.91. The summed E-state index contributed by atoms with van der Waals surface area (Å²) in [5, 5.41) is 16.6. The highest BCUT2D eigenvalue weighted by Gasteiger charge is 2.63. The van der Waals surface area contributed by atoms with E-state index in [-0.39, 0.29) is 0 Å². The van der Waals surface area contributed by atoms with Crippen LogP contribution in [0.3, 0.4) is 0 Å². The van der Waals surface area contributed by atoms with Crippen LogP contribution in [0.25, 0.3) is 0 Å². The predicted octanol–water partition coefficient (Wildman–Crippen LogP) is -0.687. The van der Waals surface area contributed by atoms with Gasteiger partial charge in [-0.25, -0.2) is 9.59 Å². The summed E-state index contributed by atoms with van der Waals surface area (Å²) < 4.78 is 4.43. The fourth-order valence-corrected chi connectivity index (χ4v) is 0.659. The van der Waals surface area contributed by atoms with Crippen LogP contribution in [0, 0.1) is 0 Å². The van der Waals surface area contributed by atoms with Crippen molar-refractivity contribution in [3.63, 3.8) is 0 Å². The molecule has 5 heteroatoms. The Morgan fingerprint density at radius 2 is 2.00 bits per heavy atom. The summed E-state index contributed by atoms with van der Waals surface area (Å²) in [4.78, 5) is 20.3. The number of hydrogen-bond acceptors (Lipinski definition) is 3. The zero-order valence-corrected chi connectivity index (χ0v) is 5.20. The summed E-state index contributed by atoms with van der Waals surface area (Å²) in [7, 11) is 0. The lowest BCUT2D eigenvalue weighted by Crippen LogP contribution is -2.26. The van der Waals surface area contributed by atoms with Crippen molar-refractivity contribution in [3.8, 4) is 0 Å². The Hall–Kier alpha value is -1.10. The molecule has 2 N–H and O–H groups in total. The van der Waals surface area contributed by atoms with Gasteiger partial charge in [0.05, 0.1) is 0 Å². The van der Waals surface area contributed by atoms with E-state index in [1.165, 1.54) is 6.92 Å². The monoisotopic (exact) mass is 146 g/mol. The Kier molecular flexibility index (Phi) is 1.19. The van der Waals surface area contributed by atoms with E-state index in [0.717, 1.165) is 0 Å². The molecule has 1 aliphatic heterocycles. The van der Waals surface area contributed by atoms with Gasteiger partial charge < -0.3 is 14.9 Å². The number of hydrogen-bond donors (Lipinski definition) is 2. The minimum atomic E-state index is -1.49. The summed E-state index contributed by atoms with van der Waals surface area (Å²) in [5.74, 6) is -2.47. The van der Waals surface area contributed by atoms with Crippen LogP contribution in [0.1, 0.15) is 6.92 Å². The lowest BCUT2D eigenvalue weighted by atomic mass is 10.1. The lowest BCUT2D eigenvalue weighted by Gasteiger charge is -1.93. The Balaban J connectivity index is 2.65. The van der Waals surface area contributed by atoms with Crippen LogP contribution in [-0.2, 0) is 14.3 Å². The van der Waals surface area contributed by atoms with Crippen LogP contribution >= 0.6 is 0 Å². The molecule has 0 aromatic carbocycles. The fourth-order valence-electron chi connectivity index (χ4n) is 0.659. The molecule has 1 aliphatic rings. The third-order valence-corrected chi connectivity index (χ3v) is 1.45. The van der Waals surface area contributed by atoms with Crippen LogP contribution in [0.15, 0.2) is 0 Å². The van der Waals surface area contributed by atoms with Gasteiger partial charge in [-0.2, -0.15) is 0 Å². The minimum absolute atomic E-state index is 1.18. The van der Waals surface area contributed by atoms with Crippen molar-refractivity contribution in [3.05, 3.63) is 0 Å². The molecule has 0 unspecified atom stereocenters. The summed E-state index contributed by atoms with van der Waals surface area (Å²) in [6.45, 7) is 1.23. The largest absolute Gasteiger partial charge is 0.479 e. The maximum absolute atomic E-state index is 10.2. The van der Waals surface area contributed by atoms with Crippen molar-refractivity contribution in [2.75, 3.05) is 0 Å². The van der Waals surface area contributed by atoms with Crippen molar-refractivity contribution < 1.29 is 24.5 Å². The fraction of sp³-hybridized carbons (Fsp3) is 0.600. The molecule has 0 amide bonds. The molecule has 0 spiro atoms. The maximum atomic E-state index is 10.2.